The number of amides is 1. The summed E-state index contributed by atoms with van der Waals surface area (Å²) in [7, 11) is 0. The zero-order chi connectivity index (χ0) is 41.8. The van der Waals surface area contributed by atoms with E-state index in [1.807, 2.05) is 6.08 Å². The Bertz CT molecular complexity index is 1090. The van der Waals surface area contributed by atoms with Gasteiger partial charge < -0.3 is 45.4 Å². The maximum Gasteiger partial charge on any atom is 0.249 e. The minimum absolute atomic E-state index is 0.292. The molecule has 1 aliphatic rings. The first-order valence-corrected chi connectivity index (χ1v) is 22.6. The van der Waals surface area contributed by atoms with Gasteiger partial charge in [0.15, 0.2) is 6.29 Å². The van der Waals surface area contributed by atoms with Crippen LogP contribution in [0.15, 0.2) is 60.8 Å². The zero-order valence-electron chi connectivity index (χ0n) is 35.7. The number of nitrogens with one attached hydrogen (secondary N) is 1. The van der Waals surface area contributed by atoms with Crippen LogP contribution in [-0.4, -0.2) is 98.7 Å². The Hall–Kier alpha value is -2.15. The molecule has 1 aliphatic heterocycles. The largest absolute Gasteiger partial charge is 0.394 e. The van der Waals surface area contributed by atoms with Crippen molar-refractivity contribution in [3.05, 3.63) is 60.8 Å². The topological polar surface area (TPSA) is 169 Å². The highest BCUT2D eigenvalue weighted by molar-refractivity contribution is 5.80. The molecular weight excluding hydrogens is 723 g/mol. The Morgan fingerprint density at radius 3 is 1.67 bits per heavy atom. The summed E-state index contributed by atoms with van der Waals surface area (Å²) in [6.07, 6.45) is 37.3. The lowest BCUT2D eigenvalue weighted by molar-refractivity contribution is -0.302. The van der Waals surface area contributed by atoms with E-state index in [9.17, 15) is 35.4 Å². The summed E-state index contributed by atoms with van der Waals surface area (Å²) in [6, 6.07) is -1.01. The van der Waals surface area contributed by atoms with Crippen LogP contribution in [0.5, 0.6) is 0 Å². The highest BCUT2D eigenvalue weighted by atomic mass is 16.7. The van der Waals surface area contributed by atoms with Crippen LogP contribution in [0.4, 0.5) is 0 Å². The fraction of sp³-hybridized carbons (Fsp3) is 0.766. The molecule has 10 nitrogen and oxygen atoms in total. The van der Waals surface area contributed by atoms with Crippen LogP contribution in [0.25, 0.3) is 0 Å². The number of hydrogen-bond donors (Lipinski definition) is 7. The predicted molar refractivity (Wildman–Crippen MR) is 232 cm³/mol. The van der Waals surface area contributed by atoms with Gasteiger partial charge in [-0.15, -0.1) is 0 Å². The maximum absolute atomic E-state index is 13.0. The Morgan fingerprint density at radius 2 is 1.09 bits per heavy atom. The summed E-state index contributed by atoms with van der Waals surface area (Å²) in [5.74, 6) is -0.638. The second-order valence-electron chi connectivity index (χ2n) is 15.6. The highest BCUT2D eigenvalue weighted by Crippen LogP contribution is 2.22. The summed E-state index contributed by atoms with van der Waals surface area (Å²) in [6.45, 7) is 3.51. The third kappa shape index (κ3) is 27.3. The quantitative estimate of drug-likeness (QED) is 0.0188. The molecule has 0 bridgehead atoms. The molecule has 8 unspecified atom stereocenters. The molecule has 8 atom stereocenters. The monoisotopic (exact) mass is 806 g/mol. The molecule has 7 N–H and O–H groups in total. The molecule has 330 valence electrons. The van der Waals surface area contributed by atoms with Gasteiger partial charge in [0.1, 0.15) is 30.5 Å². The Morgan fingerprint density at radius 1 is 0.614 bits per heavy atom. The van der Waals surface area contributed by atoms with Crippen LogP contribution in [0.1, 0.15) is 168 Å². The van der Waals surface area contributed by atoms with Crippen LogP contribution in [0.2, 0.25) is 0 Å². The molecule has 0 aliphatic carbocycles. The van der Waals surface area contributed by atoms with E-state index in [1.54, 1.807) is 6.08 Å². The van der Waals surface area contributed by atoms with Gasteiger partial charge in [0.05, 0.1) is 25.4 Å². The van der Waals surface area contributed by atoms with E-state index in [0.717, 1.165) is 51.4 Å². The molecule has 0 saturated carbocycles. The normalized spacial score (nSPS) is 22.1. The number of rotatable bonds is 36. The average Bonchev–Trinajstić information content (AvgIpc) is 3.21. The third-order valence-corrected chi connectivity index (χ3v) is 10.4. The van der Waals surface area contributed by atoms with Crippen LogP contribution in [0.3, 0.4) is 0 Å². The van der Waals surface area contributed by atoms with Gasteiger partial charge in [0.2, 0.25) is 5.91 Å². The van der Waals surface area contributed by atoms with Gasteiger partial charge in [-0.25, -0.2) is 0 Å². The molecule has 0 aromatic carbocycles. The van der Waals surface area contributed by atoms with Crippen molar-refractivity contribution in [3.8, 4) is 0 Å². The first-order valence-electron chi connectivity index (χ1n) is 22.6. The lowest BCUT2D eigenvalue weighted by Crippen LogP contribution is -2.60. The van der Waals surface area contributed by atoms with Gasteiger partial charge in [-0.05, 0) is 70.6 Å². The SMILES string of the molecule is CCCCC/C=C\C=C/CCCCCCCCCCCC(O)C(=O)NC(COC1OC(CO)C(O)C(O)C1O)C(O)/C=C/CC/C=C/CC/C=C/CCCCCC. The van der Waals surface area contributed by atoms with Crippen LogP contribution < -0.4 is 5.32 Å². The van der Waals surface area contributed by atoms with Crippen LogP contribution >= 0.6 is 0 Å². The maximum atomic E-state index is 13.0. The molecule has 1 saturated heterocycles. The van der Waals surface area contributed by atoms with E-state index >= 15 is 0 Å². The first-order chi connectivity index (χ1) is 27.8. The van der Waals surface area contributed by atoms with Crippen LogP contribution in [-0.2, 0) is 14.3 Å². The van der Waals surface area contributed by atoms with E-state index in [2.05, 4.69) is 67.8 Å². The molecule has 57 heavy (non-hydrogen) atoms. The van der Waals surface area contributed by atoms with Gasteiger partial charge in [-0.1, -0.05) is 158 Å². The van der Waals surface area contributed by atoms with E-state index in [4.69, 9.17) is 9.47 Å². The standard InChI is InChI=1S/C47H83NO9/c1-3-5-7-9-11-13-15-17-19-20-21-22-24-26-28-30-32-34-36-41(51)46(55)48-39(38-56-47-45(54)44(53)43(52)42(37-49)57-47)40(50)35-33-31-29-27-25-23-18-16-14-12-10-8-6-4-2/h11,13-17,25,27,33,35,39-45,47,49-54H,3-10,12,18-24,26,28-32,34,36-38H2,1-2H3,(H,48,55)/b13-11-,16-14+,17-15-,27-25+,35-33+. The average molecular weight is 806 g/mol. The number of hydrogen-bond acceptors (Lipinski definition) is 9. The third-order valence-electron chi connectivity index (χ3n) is 10.4. The van der Waals surface area contributed by atoms with Gasteiger partial charge >= 0.3 is 0 Å². The smallest absolute Gasteiger partial charge is 0.249 e. The number of carbonyl (C=O) groups is 1. The van der Waals surface area contributed by atoms with E-state index in [0.29, 0.717) is 19.3 Å². The lowest BCUT2D eigenvalue weighted by atomic mass is 9.99. The number of aliphatic hydroxyl groups excluding tert-OH is 6. The van der Waals surface area contributed by atoms with Gasteiger partial charge in [0.25, 0.3) is 0 Å². The first kappa shape index (κ1) is 52.9. The zero-order valence-corrected chi connectivity index (χ0v) is 35.7. The number of aliphatic hydroxyl groups is 6. The van der Waals surface area contributed by atoms with E-state index in [-0.39, 0.29) is 6.61 Å². The molecule has 0 aromatic heterocycles. The number of ether oxygens (including phenoxy) is 2. The number of carbonyl (C=O) groups excluding carboxylic acids is 1. The molecule has 1 fully saturated rings. The summed E-state index contributed by atoms with van der Waals surface area (Å²) < 4.78 is 11.1. The number of allylic oxidation sites excluding steroid dienone is 9. The van der Waals surface area contributed by atoms with Crippen molar-refractivity contribution < 1.29 is 44.9 Å². The Balaban J connectivity index is 2.46. The summed E-state index contributed by atoms with van der Waals surface area (Å²) in [4.78, 5) is 13.0. The second-order valence-corrected chi connectivity index (χ2v) is 15.6. The van der Waals surface area contributed by atoms with Gasteiger partial charge in [-0.2, -0.15) is 0 Å². The van der Waals surface area contributed by atoms with E-state index < -0.39 is 61.5 Å². The van der Waals surface area contributed by atoms with Crippen molar-refractivity contribution in [1.29, 1.82) is 0 Å². The molecule has 1 amide bonds. The van der Waals surface area contributed by atoms with Crippen LogP contribution in [0, 0.1) is 0 Å². The molecule has 1 rings (SSSR count). The van der Waals surface area contributed by atoms with Gasteiger partial charge in [-0.3, -0.25) is 4.79 Å². The van der Waals surface area contributed by atoms with E-state index in [1.165, 1.54) is 83.5 Å². The summed E-state index contributed by atoms with van der Waals surface area (Å²) in [5.41, 5.74) is 0. The Kier molecular flexibility index (Phi) is 34.2. The molecule has 0 radical (unpaired) electrons. The van der Waals surface area contributed by atoms with Gasteiger partial charge in [0, 0.05) is 0 Å². The molecular formula is C47H83NO9. The second kappa shape index (κ2) is 36.9. The molecule has 10 heteroatoms. The minimum atomic E-state index is -1.62. The lowest BCUT2D eigenvalue weighted by Gasteiger charge is -2.40. The predicted octanol–water partition coefficient (Wildman–Crippen LogP) is 8.19. The van der Waals surface area contributed by atoms with Crippen molar-refractivity contribution in [2.75, 3.05) is 13.2 Å². The van der Waals surface area contributed by atoms with Crippen molar-refractivity contribution in [1.82, 2.24) is 5.32 Å². The molecule has 1 heterocycles. The van der Waals surface area contributed by atoms with Crippen molar-refractivity contribution in [2.24, 2.45) is 0 Å². The fourth-order valence-electron chi connectivity index (χ4n) is 6.65. The van der Waals surface area contributed by atoms with Crippen molar-refractivity contribution in [2.45, 2.75) is 217 Å². The summed E-state index contributed by atoms with van der Waals surface area (Å²) >= 11 is 0. The Labute approximate surface area is 346 Å². The summed E-state index contributed by atoms with van der Waals surface area (Å²) in [5, 5.41) is 64.6. The highest BCUT2D eigenvalue weighted by Gasteiger charge is 2.44. The molecule has 0 aromatic rings. The van der Waals surface area contributed by atoms with Crippen molar-refractivity contribution >= 4 is 5.91 Å². The fourth-order valence-corrected chi connectivity index (χ4v) is 6.65. The molecule has 0 spiro atoms. The minimum Gasteiger partial charge on any atom is -0.394 e. The van der Waals surface area contributed by atoms with Crippen molar-refractivity contribution in [3.63, 3.8) is 0 Å². The number of unbranched alkanes of at least 4 members (excludes halogenated alkanes) is 18.